The van der Waals surface area contributed by atoms with E-state index in [0.29, 0.717) is 6.61 Å². The van der Waals surface area contributed by atoms with E-state index in [2.05, 4.69) is 10.2 Å². The zero-order valence-electron chi connectivity index (χ0n) is 7.79. The molecule has 0 aliphatic carbocycles. The number of nitrogens with one attached hydrogen (secondary N) is 1. The Morgan fingerprint density at radius 3 is 3.08 bits per heavy atom. The molecule has 2 saturated heterocycles. The Morgan fingerprint density at radius 1 is 1.38 bits per heavy atom. The Hall–Kier alpha value is -0.610. The Morgan fingerprint density at radius 2 is 2.31 bits per heavy atom. The second-order valence-electron chi connectivity index (χ2n) is 3.61. The van der Waals surface area contributed by atoms with Gasteiger partial charge >= 0.3 is 5.97 Å². The fourth-order valence-corrected chi connectivity index (χ4v) is 2.00. The summed E-state index contributed by atoms with van der Waals surface area (Å²) < 4.78 is 4.96. The smallest absolute Gasteiger partial charge is 0.323 e. The predicted octanol–water partition coefficient (Wildman–Crippen LogP) is -0.403. The van der Waals surface area contributed by atoms with Crippen LogP contribution in [-0.4, -0.2) is 49.7 Å². The van der Waals surface area contributed by atoms with Crippen molar-refractivity contribution >= 4 is 5.97 Å². The molecule has 2 rings (SSSR count). The van der Waals surface area contributed by atoms with Gasteiger partial charge in [0, 0.05) is 26.1 Å². The minimum atomic E-state index is -0.0260. The van der Waals surface area contributed by atoms with Crippen LogP contribution in [0, 0.1) is 0 Å². The second-order valence-corrected chi connectivity index (χ2v) is 3.61. The van der Waals surface area contributed by atoms with E-state index >= 15 is 0 Å². The fourth-order valence-electron chi connectivity index (χ4n) is 2.00. The molecule has 1 unspecified atom stereocenters. The van der Waals surface area contributed by atoms with E-state index in [1.165, 1.54) is 0 Å². The number of carbonyl (C=O) groups is 1. The van der Waals surface area contributed by atoms with Gasteiger partial charge in [-0.1, -0.05) is 0 Å². The van der Waals surface area contributed by atoms with Crippen LogP contribution in [-0.2, 0) is 9.53 Å². The quantitative estimate of drug-likeness (QED) is 0.563. The third-order valence-corrected chi connectivity index (χ3v) is 2.72. The SMILES string of the molecule is O=C1OCCC1N1CCCNCC1. The summed E-state index contributed by atoms with van der Waals surface area (Å²) in [6, 6.07) is 0.0416. The number of carbonyl (C=O) groups excluding carboxylic acids is 1. The summed E-state index contributed by atoms with van der Waals surface area (Å²) in [6.45, 7) is 4.65. The van der Waals surface area contributed by atoms with Gasteiger partial charge in [0.2, 0.25) is 0 Å². The summed E-state index contributed by atoms with van der Waals surface area (Å²) in [5.41, 5.74) is 0. The Bertz CT molecular complexity index is 188. The van der Waals surface area contributed by atoms with Gasteiger partial charge in [0.1, 0.15) is 6.04 Å². The average molecular weight is 184 g/mol. The van der Waals surface area contributed by atoms with Crippen molar-refractivity contribution in [1.29, 1.82) is 0 Å². The number of esters is 1. The van der Waals surface area contributed by atoms with Gasteiger partial charge in [-0.2, -0.15) is 0 Å². The number of cyclic esters (lactones) is 1. The van der Waals surface area contributed by atoms with Crippen LogP contribution in [0.2, 0.25) is 0 Å². The first-order valence-corrected chi connectivity index (χ1v) is 4.99. The van der Waals surface area contributed by atoms with Gasteiger partial charge in [0.25, 0.3) is 0 Å². The Kier molecular flexibility index (Phi) is 2.80. The van der Waals surface area contributed by atoms with E-state index in [0.717, 1.165) is 39.0 Å². The molecule has 74 valence electrons. The second kappa shape index (κ2) is 4.07. The number of ether oxygens (including phenoxy) is 1. The molecule has 0 amide bonds. The Balaban J connectivity index is 1.93. The molecule has 0 aromatic heterocycles. The fraction of sp³-hybridized carbons (Fsp3) is 0.889. The molecule has 0 radical (unpaired) electrons. The van der Waals surface area contributed by atoms with Gasteiger partial charge in [0.15, 0.2) is 0 Å². The Labute approximate surface area is 78.2 Å². The summed E-state index contributed by atoms with van der Waals surface area (Å²) in [5.74, 6) is -0.0260. The van der Waals surface area contributed by atoms with E-state index in [1.807, 2.05) is 0 Å². The van der Waals surface area contributed by atoms with E-state index in [9.17, 15) is 4.79 Å². The van der Waals surface area contributed by atoms with Gasteiger partial charge in [-0.25, -0.2) is 0 Å². The lowest BCUT2D eigenvalue weighted by molar-refractivity contribution is -0.142. The molecule has 0 aromatic rings. The first-order valence-electron chi connectivity index (χ1n) is 4.99. The largest absolute Gasteiger partial charge is 0.464 e. The summed E-state index contributed by atoms with van der Waals surface area (Å²) in [6.07, 6.45) is 2.00. The maximum atomic E-state index is 11.3. The van der Waals surface area contributed by atoms with Gasteiger partial charge in [0.05, 0.1) is 6.61 Å². The van der Waals surface area contributed by atoms with Crippen molar-refractivity contribution in [2.45, 2.75) is 18.9 Å². The van der Waals surface area contributed by atoms with E-state index < -0.39 is 0 Å². The lowest BCUT2D eigenvalue weighted by Crippen LogP contribution is -2.40. The van der Waals surface area contributed by atoms with E-state index in [1.54, 1.807) is 0 Å². The van der Waals surface area contributed by atoms with Crippen LogP contribution >= 0.6 is 0 Å². The topological polar surface area (TPSA) is 41.6 Å². The monoisotopic (exact) mass is 184 g/mol. The van der Waals surface area contributed by atoms with Crippen molar-refractivity contribution in [3.63, 3.8) is 0 Å². The molecule has 2 fully saturated rings. The summed E-state index contributed by atoms with van der Waals surface area (Å²) >= 11 is 0. The summed E-state index contributed by atoms with van der Waals surface area (Å²) in [5, 5.41) is 3.32. The standard InChI is InChI=1S/C9H16N2O2/c12-9-8(2-7-13-9)11-5-1-3-10-4-6-11/h8,10H,1-7H2. The lowest BCUT2D eigenvalue weighted by Gasteiger charge is -2.23. The van der Waals surface area contributed by atoms with E-state index in [4.69, 9.17) is 4.74 Å². The number of hydrogen-bond acceptors (Lipinski definition) is 4. The molecule has 2 heterocycles. The van der Waals surface area contributed by atoms with Crippen molar-refractivity contribution in [1.82, 2.24) is 10.2 Å². The van der Waals surface area contributed by atoms with Crippen molar-refractivity contribution < 1.29 is 9.53 Å². The minimum absolute atomic E-state index is 0.0260. The highest BCUT2D eigenvalue weighted by Crippen LogP contribution is 2.14. The zero-order valence-corrected chi connectivity index (χ0v) is 7.79. The number of nitrogens with zero attached hydrogens (tertiary/aromatic N) is 1. The highest BCUT2D eigenvalue weighted by molar-refractivity contribution is 5.77. The molecule has 0 spiro atoms. The molecule has 4 heteroatoms. The van der Waals surface area contributed by atoms with Gasteiger partial charge < -0.3 is 10.1 Å². The van der Waals surface area contributed by atoms with Crippen LogP contribution in [0.5, 0.6) is 0 Å². The maximum absolute atomic E-state index is 11.3. The van der Waals surface area contributed by atoms with Gasteiger partial charge in [-0.05, 0) is 13.0 Å². The first-order chi connectivity index (χ1) is 6.38. The summed E-state index contributed by atoms with van der Waals surface area (Å²) in [7, 11) is 0. The normalized spacial score (nSPS) is 31.4. The highest BCUT2D eigenvalue weighted by Gasteiger charge is 2.32. The maximum Gasteiger partial charge on any atom is 0.323 e. The molecule has 4 nitrogen and oxygen atoms in total. The number of rotatable bonds is 1. The van der Waals surface area contributed by atoms with Gasteiger partial charge in [-0.15, -0.1) is 0 Å². The van der Waals surface area contributed by atoms with Crippen molar-refractivity contribution in [2.24, 2.45) is 0 Å². The number of hydrogen-bond donors (Lipinski definition) is 1. The zero-order chi connectivity index (χ0) is 9.10. The third kappa shape index (κ3) is 2.00. The van der Waals surface area contributed by atoms with Crippen LogP contribution in [0.15, 0.2) is 0 Å². The van der Waals surface area contributed by atoms with Crippen LogP contribution < -0.4 is 5.32 Å². The minimum Gasteiger partial charge on any atom is -0.464 e. The molecule has 0 bridgehead atoms. The molecular formula is C9H16N2O2. The van der Waals surface area contributed by atoms with Crippen LogP contribution in [0.1, 0.15) is 12.8 Å². The first kappa shape index (κ1) is 8.97. The van der Waals surface area contributed by atoms with Crippen LogP contribution in [0.25, 0.3) is 0 Å². The molecule has 0 aromatic carbocycles. The molecule has 0 saturated carbocycles. The van der Waals surface area contributed by atoms with Gasteiger partial charge in [-0.3, -0.25) is 9.69 Å². The third-order valence-electron chi connectivity index (χ3n) is 2.72. The molecule has 1 N–H and O–H groups in total. The van der Waals surface area contributed by atoms with E-state index in [-0.39, 0.29) is 12.0 Å². The van der Waals surface area contributed by atoms with Crippen LogP contribution in [0.3, 0.4) is 0 Å². The average Bonchev–Trinajstić information content (AvgIpc) is 2.43. The van der Waals surface area contributed by atoms with Crippen molar-refractivity contribution in [3.05, 3.63) is 0 Å². The van der Waals surface area contributed by atoms with Crippen molar-refractivity contribution in [2.75, 3.05) is 32.8 Å². The lowest BCUT2D eigenvalue weighted by atomic mass is 10.2. The summed E-state index contributed by atoms with van der Waals surface area (Å²) in [4.78, 5) is 13.5. The molecule has 2 aliphatic heterocycles. The van der Waals surface area contributed by atoms with Crippen molar-refractivity contribution in [3.8, 4) is 0 Å². The van der Waals surface area contributed by atoms with Crippen LogP contribution in [0.4, 0.5) is 0 Å². The molecule has 2 aliphatic rings. The highest BCUT2D eigenvalue weighted by atomic mass is 16.5. The molecular weight excluding hydrogens is 168 g/mol. The molecule has 13 heavy (non-hydrogen) atoms. The molecule has 1 atom stereocenters. The predicted molar refractivity (Wildman–Crippen MR) is 48.4 cm³/mol.